The summed E-state index contributed by atoms with van der Waals surface area (Å²) in [5.74, 6) is 0.428. The molecule has 0 spiro atoms. The number of sulfonamides is 1. The van der Waals surface area contributed by atoms with Gasteiger partial charge in [0.1, 0.15) is 0 Å². The van der Waals surface area contributed by atoms with Gasteiger partial charge in [0.05, 0.1) is 17.5 Å². The second-order valence-corrected chi connectivity index (χ2v) is 9.18. The van der Waals surface area contributed by atoms with Gasteiger partial charge in [-0.3, -0.25) is 4.98 Å². The van der Waals surface area contributed by atoms with Crippen molar-refractivity contribution in [2.75, 3.05) is 12.3 Å². The molecule has 1 atom stereocenters. The van der Waals surface area contributed by atoms with E-state index in [1.54, 1.807) is 10.5 Å². The minimum Gasteiger partial charge on any atom is -0.260 e. The average Bonchev–Trinajstić information content (AvgIpc) is 2.58. The summed E-state index contributed by atoms with van der Waals surface area (Å²) in [6.07, 6.45) is 8.72. The quantitative estimate of drug-likeness (QED) is 0.451. The Morgan fingerprint density at radius 2 is 1.68 bits per heavy atom. The molecule has 0 saturated heterocycles. The molecule has 0 radical (unpaired) electrons. The first-order valence-corrected chi connectivity index (χ1v) is 11.4. The van der Waals surface area contributed by atoms with Gasteiger partial charge in [-0.2, -0.15) is 4.31 Å². The number of nitrogens with zero attached hydrogens (tertiary/aromatic N) is 2. The maximum Gasteiger partial charge on any atom is 0.214 e. The summed E-state index contributed by atoms with van der Waals surface area (Å²) < 4.78 is 27.9. The fraction of sp³-hybridized carbons (Fsp3) is 0.750. The van der Waals surface area contributed by atoms with E-state index >= 15 is 0 Å². The van der Waals surface area contributed by atoms with Crippen molar-refractivity contribution in [3.05, 3.63) is 30.1 Å². The van der Waals surface area contributed by atoms with Gasteiger partial charge in [0.15, 0.2) is 0 Å². The molecule has 25 heavy (non-hydrogen) atoms. The molecule has 144 valence electrons. The van der Waals surface area contributed by atoms with Crippen LogP contribution >= 0.6 is 0 Å². The number of pyridine rings is 1. The van der Waals surface area contributed by atoms with Crippen LogP contribution in [-0.4, -0.2) is 30.0 Å². The molecule has 4 nitrogen and oxygen atoms in total. The van der Waals surface area contributed by atoms with Crippen molar-refractivity contribution in [1.29, 1.82) is 0 Å². The molecule has 0 fully saturated rings. The predicted octanol–water partition coefficient (Wildman–Crippen LogP) is 5.18. The smallest absolute Gasteiger partial charge is 0.214 e. The Labute approximate surface area is 155 Å². The van der Waals surface area contributed by atoms with E-state index in [4.69, 9.17) is 0 Å². The topological polar surface area (TPSA) is 50.3 Å². The van der Waals surface area contributed by atoms with Gasteiger partial charge in [-0.25, -0.2) is 8.42 Å². The highest BCUT2D eigenvalue weighted by Crippen LogP contribution is 2.30. The minimum absolute atomic E-state index is 0.182. The fourth-order valence-corrected chi connectivity index (χ4v) is 5.08. The van der Waals surface area contributed by atoms with Gasteiger partial charge < -0.3 is 0 Å². The molecule has 0 bridgehead atoms. The summed E-state index contributed by atoms with van der Waals surface area (Å²) in [7, 11) is -3.28. The molecular formula is C20H36N2O2S. The minimum atomic E-state index is -3.28. The molecule has 1 aromatic heterocycles. The van der Waals surface area contributed by atoms with Crippen LogP contribution in [0.5, 0.6) is 0 Å². The molecular weight excluding hydrogens is 332 g/mol. The lowest BCUT2D eigenvalue weighted by atomic mass is 10.00. The fourth-order valence-electron chi connectivity index (χ4n) is 3.17. The van der Waals surface area contributed by atoms with Gasteiger partial charge >= 0.3 is 0 Å². The van der Waals surface area contributed by atoms with E-state index in [0.717, 1.165) is 50.6 Å². The Morgan fingerprint density at radius 1 is 1.00 bits per heavy atom. The first kappa shape index (κ1) is 22.1. The van der Waals surface area contributed by atoms with Gasteiger partial charge in [0.2, 0.25) is 10.0 Å². The Morgan fingerprint density at radius 3 is 2.24 bits per heavy atom. The van der Waals surface area contributed by atoms with Crippen molar-refractivity contribution in [2.24, 2.45) is 5.92 Å². The number of hydrogen-bond donors (Lipinski definition) is 0. The van der Waals surface area contributed by atoms with Gasteiger partial charge in [0, 0.05) is 12.7 Å². The standard InChI is InChI=1S/C20H36N2O2S/c1-5-7-9-13-17-25(23,24)22(16-12-8-6-2)20(18(3)4)19-14-10-11-15-21-19/h10-11,14-15,18,20H,5-9,12-13,16-17H2,1-4H3. The van der Waals surface area contributed by atoms with Crippen LogP contribution in [0.3, 0.4) is 0 Å². The summed E-state index contributed by atoms with van der Waals surface area (Å²) in [5.41, 5.74) is 0.853. The molecule has 0 aliphatic carbocycles. The van der Waals surface area contributed by atoms with Crippen molar-refractivity contribution in [3.8, 4) is 0 Å². The second-order valence-electron chi connectivity index (χ2n) is 7.14. The van der Waals surface area contributed by atoms with Gasteiger partial charge in [-0.1, -0.05) is 65.9 Å². The van der Waals surface area contributed by atoms with E-state index in [1.165, 1.54) is 0 Å². The molecule has 0 saturated carbocycles. The zero-order valence-corrected chi connectivity index (χ0v) is 17.3. The molecule has 0 aliphatic rings. The summed E-state index contributed by atoms with van der Waals surface area (Å²) in [5, 5.41) is 0. The lowest BCUT2D eigenvalue weighted by Crippen LogP contribution is -2.40. The Hall–Kier alpha value is -0.940. The third-order valence-corrected chi connectivity index (χ3v) is 6.46. The lowest BCUT2D eigenvalue weighted by molar-refractivity contribution is 0.252. The number of hydrogen-bond acceptors (Lipinski definition) is 3. The first-order chi connectivity index (χ1) is 11.9. The maximum atomic E-state index is 13.1. The van der Waals surface area contributed by atoms with Crippen molar-refractivity contribution in [3.63, 3.8) is 0 Å². The van der Waals surface area contributed by atoms with Crippen LogP contribution in [0.25, 0.3) is 0 Å². The van der Waals surface area contributed by atoms with Crippen molar-refractivity contribution in [2.45, 2.75) is 78.7 Å². The van der Waals surface area contributed by atoms with Gasteiger partial charge in [-0.15, -0.1) is 0 Å². The zero-order valence-electron chi connectivity index (χ0n) is 16.4. The predicted molar refractivity (Wildman–Crippen MR) is 106 cm³/mol. The normalized spacial score (nSPS) is 13.5. The summed E-state index contributed by atoms with van der Waals surface area (Å²) in [6.45, 7) is 9.03. The van der Waals surface area contributed by atoms with Crippen LogP contribution in [0.2, 0.25) is 0 Å². The highest BCUT2D eigenvalue weighted by molar-refractivity contribution is 7.89. The van der Waals surface area contributed by atoms with Crippen LogP contribution in [-0.2, 0) is 10.0 Å². The van der Waals surface area contributed by atoms with Gasteiger partial charge in [0.25, 0.3) is 0 Å². The molecule has 1 aromatic rings. The van der Waals surface area contributed by atoms with E-state index in [9.17, 15) is 8.42 Å². The molecule has 1 heterocycles. The Bertz CT molecular complexity index is 558. The van der Waals surface area contributed by atoms with Crippen LogP contribution in [0.15, 0.2) is 24.4 Å². The van der Waals surface area contributed by atoms with E-state index in [-0.39, 0.29) is 17.7 Å². The van der Waals surface area contributed by atoms with Crippen molar-refractivity contribution >= 4 is 10.0 Å². The molecule has 0 amide bonds. The van der Waals surface area contributed by atoms with Crippen LogP contribution in [0.1, 0.15) is 84.4 Å². The SMILES string of the molecule is CCCCCCS(=O)(=O)N(CCCCC)C(c1ccccn1)C(C)C. The van der Waals surface area contributed by atoms with E-state index in [2.05, 4.69) is 32.7 Å². The van der Waals surface area contributed by atoms with Gasteiger partial charge in [-0.05, 0) is 30.9 Å². The molecule has 1 rings (SSSR count). The highest BCUT2D eigenvalue weighted by atomic mass is 32.2. The van der Waals surface area contributed by atoms with E-state index in [1.807, 2.05) is 18.2 Å². The van der Waals surface area contributed by atoms with E-state index in [0.29, 0.717) is 6.54 Å². The monoisotopic (exact) mass is 368 g/mol. The first-order valence-electron chi connectivity index (χ1n) is 9.84. The lowest BCUT2D eigenvalue weighted by Gasteiger charge is -2.33. The van der Waals surface area contributed by atoms with Crippen LogP contribution < -0.4 is 0 Å². The third kappa shape index (κ3) is 7.45. The van der Waals surface area contributed by atoms with Crippen molar-refractivity contribution < 1.29 is 8.42 Å². The van der Waals surface area contributed by atoms with E-state index < -0.39 is 10.0 Å². The summed E-state index contributed by atoms with van der Waals surface area (Å²) in [4.78, 5) is 4.47. The highest BCUT2D eigenvalue weighted by Gasteiger charge is 2.33. The Balaban J connectivity index is 3.03. The molecule has 0 aliphatic heterocycles. The number of unbranched alkanes of at least 4 members (excludes halogenated alkanes) is 5. The van der Waals surface area contributed by atoms with Crippen LogP contribution in [0.4, 0.5) is 0 Å². The number of rotatable bonds is 13. The molecule has 0 aromatic carbocycles. The summed E-state index contributed by atoms with van der Waals surface area (Å²) in [6, 6.07) is 5.58. The Kier molecular flexibility index (Phi) is 10.3. The molecule has 1 unspecified atom stereocenters. The largest absolute Gasteiger partial charge is 0.260 e. The number of aromatic nitrogens is 1. The van der Waals surface area contributed by atoms with Crippen molar-refractivity contribution in [1.82, 2.24) is 9.29 Å². The second kappa shape index (κ2) is 11.6. The zero-order chi connectivity index (χ0) is 18.7. The summed E-state index contributed by atoms with van der Waals surface area (Å²) >= 11 is 0. The molecule has 5 heteroatoms. The third-order valence-electron chi connectivity index (χ3n) is 4.53. The molecule has 0 N–H and O–H groups in total. The van der Waals surface area contributed by atoms with Crippen LogP contribution in [0, 0.1) is 5.92 Å². The average molecular weight is 369 g/mol. The maximum absolute atomic E-state index is 13.1.